The summed E-state index contributed by atoms with van der Waals surface area (Å²) < 4.78 is 0. The summed E-state index contributed by atoms with van der Waals surface area (Å²) in [7, 11) is 0. The Morgan fingerprint density at radius 1 is 1.05 bits per heavy atom. The van der Waals surface area contributed by atoms with Crippen LogP contribution in [-0.4, -0.2) is 17.5 Å². The van der Waals surface area contributed by atoms with Crippen LogP contribution in [0.1, 0.15) is 62.1 Å². The number of rotatable bonds is 3. The van der Waals surface area contributed by atoms with Crippen molar-refractivity contribution in [1.29, 1.82) is 0 Å². The second kappa shape index (κ2) is 5.88. The fraction of sp³-hybridized carbons (Fsp3) is 0.647. The minimum atomic E-state index is 0.595. The monoisotopic (exact) mass is 275 g/mol. The van der Waals surface area contributed by atoms with Crippen LogP contribution in [0.15, 0.2) is 24.3 Å². The van der Waals surface area contributed by atoms with Crippen LogP contribution in [-0.2, 0) is 0 Å². The van der Waals surface area contributed by atoms with E-state index in [2.05, 4.69) is 42.8 Å². The Labute approximate surface area is 121 Å². The Morgan fingerprint density at radius 3 is 2.58 bits per heavy atom. The van der Waals surface area contributed by atoms with Gasteiger partial charge in [-0.05, 0) is 55.4 Å². The first-order valence-electron chi connectivity index (χ1n) is 7.65. The van der Waals surface area contributed by atoms with Gasteiger partial charge in [-0.1, -0.05) is 31.2 Å². The molecule has 1 N–H and O–H groups in total. The maximum absolute atomic E-state index is 3.95. The van der Waals surface area contributed by atoms with Crippen LogP contribution in [0.4, 0.5) is 0 Å². The second-order valence-corrected chi connectivity index (χ2v) is 7.33. The van der Waals surface area contributed by atoms with Crippen molar-refractivity contribution in [1.82, 2.24) is 5.32 Å². The molecule has 4 unspecified atom stereocenters. The minimum Gasteiger partial charge on any atom is -0.307 e. The van der Waals surface area contributed by atoms with E-state index < -0.39 is 0 Å². The van der Waals surface area contributed by atoms with Gasteiger partial charge in [-0.25, -0.2) is 0 Å². The number of hydrogen-bond acceptors (Lipinski definition) is 2. The summed E-state index contributed by atoms with van der Waals surface area (Å²) >= 11 is 2.04. The van der Waals surface area contributed by atoms with Crippen LogP contribution in [0, 0.1) is 0 Å². The predicted molar refractivity (Wildman–Crippen MR) is 84.9 cm³/mol. The lowest BCUT2D eigenvalue weighted by atomic mass is 9.81. The molecule has 0 amide bonds. The Bertz CT molecular complexity index is 431. The van der Waals surface area contributed by atoms with Gasteiger partial charge < -0.3 is 5.32 Å². The van der Waals surface area contributed by atoms with Crippen LogP contribution in [0.25, 0.3) is 0 Å². The molecule has 1 nitrogen and oxygen atoms in total. The molecule has 0 spiro atoms. The molecule has 4 atom stereocenters. The molecule has 19 heavy (non-hydrogen) atoms. The van der Waals surface area contributed by atoms with Crippen LogP contribution < -0.4 is 5.32 Å². The van der Waals surface area contributed by atoms with Gasteiger partial charge in [0.05, 0.1) is 0 Å². The maximum atomic E-state index is 3.95. The van der Waals surface area contributed by atoms with Crippen molar-refractivity contribution < 1.29 is 0 Å². The quantitative estimate of drug-likeness (QED) is 0.871. The Balaban J connectivity index is 1.71. The minimum absolute atomic E-state index is 0.595. The van der Waals surface area contributed by atoms with E-state index in [-0.39, 0.29) is 0 Å². The van der Waals surface area contributed by atoms with Gasteiger partial charge in [0.15, 0.2) is 0 Å². The van der Waals surface area contributed by atoms with Gasteiger partial charge in [0.1, 0.15) is 0 Å². The topological polar surface area (TPSA) is 12.0 Å². The molecule has 0 radical (unpaired) electrons. The van der Waals surface area contributed by atoms with E-state index in [0.29, 0.717) is 6.04 Å². The number of nitrogens with one attached hydrogen (secondary N) is 1. The molecule has 2 aliphatic carbocycles. The fourth-order valence-electron chi connectivity index (χ4n) is 3.77. The highest BCUT2D eigenvalue weighted by atomic mass is 32.2. The van der Waals surface area contributed by atoms with Gasteiger partial charge in [0.2, 0.25) is 0 Å². The van der Waals surface area contributed by atoms with E-state index in [0.717, 1.165) is 17.2 Å². The van der Waals surface area contributed by atoms with Crippen molar-refractivity contribution in [3.05, 3.63) is 35.4 Å². The van der Waals surface area contributed by atoms with E-state index in [4.69, 9.17) is 0 Å². The number of hydrogen-bond donors (Lipinski definition) is 1. The molecular weight excluding hydrogens is 250 g/mol. The second-order valence-electron chi connectivity index (χ2n) is 6.19. The molecule has 1 saturated carbocycles. The van der Waals surface area contributed by atoms with Gasteiger partial charge in [-0.3, -0.25) is 0 Å². The van der Waals surface area contributed by atoms with Crippen molar-refractivity contribution in [3.63, 3.8) is 0 Å². The molecule has 3 rings (SSSR count). The zero-order valence-electron chi connectivity index (χ0n) is 12.1. The zero-order valence-corrected chi connectivity index (χ0v) is 12.9. The SMILES string of the molecule is CSC1CCC(NC2CCC(C)c3ccccc32)C1. The molecule has 0 aromatic heterocycles. The van der Waals surface area contributed by atoms with Gasteiger partial charge in [-0.2, -0.15) is 11.8 Å². The van der Waals surface area contributed by atoms with Crippen LogP contribution in [0.2, 0.25) is 0 Å². The molecule has 1 aromatic carbocycles. The predicted octanol–water partition coefficient (Wildman–Crippen LogP) is 4.50. The van der Waals surface area contributed by atoms with E-state index in [1.165, 1.54) is 32.1 Å². The van der Waals surface area contributed by atoms with Crippen molar-refractivity contribution in [2.24, 2.45) is 0 Å². The summed E-state index contributed by atoms with van der Waals surface area (Å²) in [5.74, 6) is 0.733. The Hall–Kier alpha value is -0.470. The van der Waals surface area contributed by atoms with Gasteiger partial charge in [0.25, 0.3) is 0 Å². The molecular formula is C17H25NS. The molecule has 2 aliphatic rings. The smallest absolute Gasteiger partial charge is 0.0325 e. The lowest BCUT2D eigenvalue weighted by Gasteiger charge is -2.32. The highest BCUT2D eigenvalue weighted by Crippen LogP contribution is 2.38. The highest BCUT2D eigenvalue weighted by Gasteiger charge is 2.29. The van der Waals surface area contributed by atoms with E-state index in [1.807, 2.05) is 11.8 Å². The third-order valence-corrected chi connectivity index (χ3v) is 6.04. The van der Waals surface area contributed by atoms with Gasteiger partial charge in [0, 0.05) is 17.3 Å². The maximum Gasteiger partial charge on any atom is 0.0325 e. The number of thioether (sulfide) groups is 1. The summed E-state index contributed by atoms with van der Waals surface area (Å²) in [6.45, 7) is 2.37. The average Bonchev–Trinajstić information content (AvgIpc) is 2.90. The normalized spacial score (nSPS) is 34.2. The molecule has 2 heteroatoms. The fourth-order valence-corrected chi connectivity index (χ4v) is 4.56. The zero-order chi connectivity index (χ0) is 13.2. The summed E-state index contributed by atoms with van der Waals surface area (Å²) in [6.07, 6.45) is 9.00. The Kier molecular flexibility index (Phi) is 4.18. The first kappa shape index (κ1) is 13.5. The molecule has 1 fully saturated rings. The molecule has 104 valence electrons. The molecule has 0 heterocycles. The van der Waals surface area contributed by atoms with E-state index in [1.54, 1.807) is 11.1 Å². The summed E-state index contributed by atoms with van der Waals surface area (Å²) in [5.41, 5.74) is 3.14. The van der Waals surface area contributed by atoms with Crippen molar-refractivity contribution in [2.45, 2.75) is 62.3 Å². The van der Waals surface area contributed by atoms with Gasteiger partial charge in [-0.15, -0.1) is 0 Å². The first-order chi connectivity index (χ1) is 9.28. The lowest BCUT2D eigenvalue weighted by molar-refractivity contribution is 0.382. The standard InChI is InChI=1S/C17H25NS/c1-12-7-10-17(16-6-4-3-5-15(12)16)18-13-8-9-14(11-13)19-2/h3-6,12-14,17-18H,7-11H2,1-2H3. The Morgan fingerprint density at radius 2 is 1.84 bits per heavy atom. The largest absolute Gasteiger partial charge is 0.307 e. The van der Waals surface area contributed by atoms with E-state index >= 15 is 0 Å². The van der Waals surface area contributed by atoms with Crippen LogP contribution in [0.5, 0.6) is 0 Å². The van der Waals surface area contributed by atoms with Crippen molar-refractivity contribution in [3.8, 4) is 0 Å². The van der Waals surface area contributed by atoms with Crippen molar-refractivity contribution in [2.75, 3.05) is 6.26 Å². The molecule has 0 aliphatic heterocycles. The first-order valence-corrected chi connectivity index (χ1v) is 8.94. The lowest BCUT2D eigenvalue weighted by Crippen LogP contribution is -2.33. The summed E-state index contributed by atoms with van der Waals surface area (Å²) in [6, 6.07) is 10.4. The van der Waals surface area contributed by atoms with E-state index in [9.17, 15) is 0 Å². The van der Waals surface area contributed by atoms with Crippen LogP contribution in [0.3, 0.4) is 0 Å². The number of fused-ring (bicyclic) bond motifs is 1. The molecule has 0 bridgehead atoms. The van der Waals surface area contributed by atoms with Crippen LogP contribution >= 0.6 is 11.8 Å². The average molecular weight is 275 g/mol. The summed E-state index contributed by atoms with van der Waals surface area (Å²) in [4.78, 5) is 0. The van der Waals surface area contributed by atoms with Crippen molar-refractivity contribution >= 4 is 11.8 Å². The summed E-state index contributed by atoms with van der Waals surface area (Å²) in [5, 5.41) is 4.83. The molecule has 0 saturated heterocycles. The third kappa shape index (κ3) is 2.85. The third-order valence-electron chi connectivity index (χ3n) is 4.95. The molecule has 1 aromatic rings. The van der Waals surface area contributed by atoms with Gasteiger partial charge >= 0.3 is 0 Å². The highest BCUT2D eigenvalue weighted by molar-refractivity contribution is 7.99. The number of benzene rings is 1.